The Hall–Kier alpha value is -2.56. The Morgan fingerprint density at radius 3 is 2.32 bits per heavy atom. The monoisotopic (exact) mass is 301 g/mol. The number of benzene rings is 1. The number of hydrogen-bond donors (Lipinski definition) is 2. The highest BCUT2D eigenvalue weighted by Crippen LogP contribution is 2.23. The molecule has 0 aromatic heterocycles. The van der Waals surface area contributed by atoms with Crippen LogP contribution >= 0.6 is 0 Å². The summed E-state index contributed by atoms with van der Waals surface area (Å²) in [4.78, 5) is 25.0. The molecule has 0 atom stereocenters. The van der Waals surface area contributed by atoms with Gasteiger partial charge in [-0.15, -0.1) is 13.2 Å². The second-order valence-corrected chi connectivity index (χ2v) is 4.89. The van der Waals surface area contributed by atoms with E-state index in [-0.39, 0.29) is 18.4 Å². The van der Waals surface area contributed by atoms with E-state index in [0.29, 0.717) is 13.1 Å². The maximum atomic E-state index is 12.2. The lowest BCUT2D eigenvalue weighted by atomic mass is 10.1. The van der Waals surface area contributed by atoms with Crippen LogP contribution in [0.2, 0.25) is 0 Å². The second kappa shape index (κ2) is 8.67. The number of anilines is 2. The van der Waals surface area contributed by atoms with Gasteiger partial charge in [-0.3, -0.25) is 9.59 Å². The summed E-state index contributed by atoms with van der Waals surface area (Å²) < 4.78 is 0. The number of amides is 2. The highest BCUT2D eigenvalue weighted by Gasteiger charge is 2.11. The summed E-state index contributed by atoms with van der Waals surface area (Å²) >= 11 is 0. The lowest BCUT2D eigenvalue weighted by molar-refractivity contribution is -0.128. The fraction of sp³-hybridized carbons (Fsp3) is 0.294. The van der Waals surface area contributed by atoms with Crippen LogP contribution in [0.15, 0.2) is 43.5 Å². The van der Waals surface area contributed by atoms with Crippen LogP contribution in [0.1, 0.15) is 12.5 Å². The van der Waals surface area contributed by atoms with E-state index >= 15 is 0 Å². The molecule has 2 N–H and O–H groups in total. The van der Waals surface area contributed by atoms with E-state index in [1.807, 2.05) is 25.1 Å². The largest absolute Gasteiger partial charge is 0.376 e. The van der Waals surface area contributed by atoms with Gasteiger partial charge in [0.1, 0.15) is 0 Å². The van der Waals surface area contributed by atoms with Gasteiger partial charge in [0.05, 0.1) is 6.54 Å². The molecule has 0 spiro atoms. The summed E-state index contributed by atoms with van der Waals surface area (Å²) in [6, 6.07) is 5.53. The minimum atomic E-state index is -0.125. The highest BCUT2D eigenvalue weighted by atomic mass is 16.2. The summed E-state index contributed by atoms with van der Waals surface area (Å²) in [5.74, 6) is -0.163. The highest BCUT2D eigenvalue weighted by molar-refractivity contribution is 5.91. The first-order valence-corrected chi connectivity index (χ1v) is 7.10. The van der Waals surface area contributed by atoms with E-state index in [2.05, 4.69) is 23.8 Å². The summed E-state index contributed by atoms with van der Waals surface area (Å²) in [5, 5.41) is 5.88. The third-order valence-corrected chi connectivity index (χ3v) is 3.13. The molecule has 22 heavy (non-hydrogen) atoms. The van der Waals surface area contributed by atoms with Gasteiger partial charge in [-0.25, -0.2) is 0 Å². The number of carbonyl (C=O) groups excluding carboxylic acids is 2. The average Bonchev–Trinajstić information content (AvgIpc) is 2.47. The molecule has 0 saturated carbocycles. The third-order valence-electron chi connectivity index (χ3n) is 3.13. The second-order valence-electron chi connectivity index (χ2n) is 4.89. The number of nitrogens with zero attached hydrogens (tertiary/aromatic N) is 1. The molecule has 5 nitrogen and oxygen atoms in total. The smallest absolute Gasteiger partial charge is 0.242 e. The van der Waals surface area contributed by atoms with Gasteiger partial charge in [-0.05, 0) is 24.6 Å². The summed E-state index contributed by atoms with van der Waals surface area (Å²) in [6.07, 6.45) is 3.37. The van der Waals surface area contributed by atoms with Crippen molar-refractivity contribution in [3.63, 3.8) is 0 Å². The maximum Gasteiger partial charge on any atom is 0.242 e. The molecule has 0 radical (unpaired) electrons. The van der Waals surface area contributed by atoms with Crippen molar-refractivity contribution >= 4 is 23.2 Å². The number of hydrogen-bond acceptors (Lipinski definition) is 3. The molecular formula is C17H23N3O2. The van der Waals surface area contributed by atoms with Crippen molar-refractivity contribution in [2.24, 2.45) is 0 Å². The van der Waals surface area contributed by atoms with E-state index in [1.165, 1.54) is 6.92 Å². The molecule has 0 unspecified atom stereocenters. The van der Waals surface area contributed by atoms with Crippen LogP contribution in [0.5, 0.6) is 0 Å². The first kappa shape index (κ1) is 17.5. The van der Waals surface area contributed by atoms with E-state index in [1.54, 1.807) is 17.1 Å². The Labute approximate surface area is 131 Å². The topological polar surface area (TPSA) is 61.4 Å². The van der Waals surface area contributed by atoms with Crippen LogP contribution in [-0.2, 0) is 9.59 Å². The summed E-state index contributed by atoms with van der Waals surface area (Å²) in [5.41, 5.74) is 2.44. The molecule has 0 fully saturated rings. The van der Waals surface area contributed by atoms with Crippen LogP contribution in [0.3, 0.4) is 0 Å². The van der Waals surface area contributed by atoms with Crippen molar-refractivity contribution in [2.45, 2.75) is 13.8 Å². The molecule has 0 bridgehead atoms. The molecule has 1 aromatic rings. The fourth-order valence-electron chi connectivity index (χ4n) is 2.02. The Balaban J connectivity index is 2.74. The molecule has 5 heteroatoms. The predicted molar refractivity (Wildman–Crippen MR) is 90.9 cm³/mol. The van der Waals surface area contributed by atoms with Gasteiger partial charge in [0.2, 0.25) is 11.8 Å². The average molecular weight is 301 g/mol. The van der Waals surface area contributed by atoms with Gasteiger partial charge in [-0.2, -0.15) is 0 Å². The Morgan fingerprint density at radius 1 is 1.18 bits per heavy atom. The summed E-state index contributed by atoms with van der Waals surface area (Å²) in [6.45, 7) is 11.8. The zero-order chi connectivity index (χ0) is 16.5. The molecule has 118 valence electrons. The number of nitrogens with one attached hydrogen (secondary N) is 2. The molecule has 0 aliphatic carbocycles. The van der Waals surface area contributed by atoms with E-state index in [0.717, 1.165) is 16.9 Å². The fourth-order valence-corrected chi connectivity index (χ4v) is 2.02. The molecule has 0 aliphatic rings. The van der Waals surface area contributed by atoms with Gasteiger partial charge < -0.3 is 15.5 Å². The molecule has 1 rings (SSSR count). The lowest BCUT2D eigenvalue weighted by Gasteiger charge is -2.20. The van der Waals surface area contributed by atoms with E-state index < -0.39 is 0 Å². The van der Waals surface area contributed by atoms with Crippen LogP contribution in [0.4, 0.5) is 11.4 Å². The van der Waals surface area contributed by atoms with E-state index in [4.69, 9.17) is 0 Å². The molecule has 0 aliphatic heterocycles. The van der Waals surface area contributed by atoms with Gasteiger partial charge in [0.15, 0.2) is 0 Å². The van der Waals surface area contributed by atoms with Crippen molar-refractivity contribution < 1.29 is 9.59 Å². The minimum Gasteiger partial charge on any atom is -0.376 e. The molecular weight excluding hydrogens is 278 g/mol. The van der Waals surface area contributed by atoms with Crippen molar-refractivity contribution in [2.75, 3.05) is 30.3 Å². The quantitative estimate of drug-likeness (QED) is 0.725. The first-order chi connectivity index (χ1) is 10.5. The third kappa shape index (κ3) is 5.09. The van der Waals surface area contributed by atoms with Crippen molar-refractivity contribution in [1.29, 1.82) is 0 Å². The SMILES string of the molecule is C=CCN(CC=C)C(=O)CNc1cccc(NC(C)=O)c1C. The van der Waals surface area contributed by atoms with E-state index in [9.17, 15) is 9.59 Å². The normalized spacial score (nSPS) is 9.73. The summed E-state index contributed by atoms with van der Waals surface area (Å²) in [7, 11) is 0. The van der Waals surface area contributed by atoms with Crippen molar-refractivity contribution in [1.82, 2.24) is 4.90 Å². The standard InChI is InChI=1S/C17H23N3O2/c1-5-10-20(11-6-2)17(22)12-18-15-8-7-9-16(13(15)3)19-14(4)21/h5-9,18H,1-2,10-12H2,3-4H3,(H,19,21). The maximum absolute atomic E-state index is 12.2. The van der Waals surface area contributed by atoms with Crippen molar-refractivity contribution in [3.05, 3.63) is 49.1 Å². The Bertz CT molecular complexity index is 557. The molecule has 1 aromatic carbocycles. The number of rotatable bonds is 8. The molecule has 0 saturated heterocycles. The number of carbonyl (C=O) groups is 2. The zero-order valence-corrected chi connectivity index (χ0v) is 13.2. The molecule has 0 heterocycles. The predicted octanol–water partition coefficient (Wildman–Crippen LogP) is 2.57. The molecule has 2 amide bonds. The van der Waals surface area contributed by atoms with Gasteiger partial charge in [0, 0.05) is 31.4 Å². The first-order valence-electron chi connectivity index (χ1n) is 7.10. The Kier molecular flexibility index (Phi) is 6.89. The van der Waals surface area contributed by atoms with Crippen LogP contribution in [0, 0.1) is 6.92 Å². The van der Waals surface area contributed by atoms with Crippen molar-refractivity contribution in [3.8, 4) is 0 Å². The van der Waals surface area contributed by atoms with Gasteiger partial charge in [0.25, 0.3) is 0 Å². The minimum absolute atomic E-state index is 0.0378. The van der Waals surface area contributed by atoms with Crippen LogP contribution in [-0.4, -0.2) is 36.3 Å². The Morgan fingerprint density at radius 2 is 1.77 bits per heavy atom. The zero-order valence-electron chi connectivity index (χ0n) is 13.2. The van der Waals surface area contributed by atoms with Crippen LogP contribution < -0.4 is 10.6 Å². The lowest BCUT2D eigenvalue weighted by Crippen LogP contribution is -2.35. The van der Waals surface area contributed by atoms with Gasteiger partial charge >= 0.3 is 0 Å². The van der Waals surface area contributed by atoms with Crippen LogP contribution in [0.25, 0.3) is 0 Å². The van der Waals surface area contributed by atoms with Gasteiger partial charge in [-0.1, -0.05) is 18.2 Å².